The number of aromatic nitrogens is 3. The summed E-state index contributed by atoms with van der Waals surface area (Å²) in [6.45, 7) is 7.07. The Morgan fingerprint density at radius 2 is 1.83 bits per heavy atom. The van der Waals surface area contributed by atoms with Gasteiger partial charge in [-0.25, -0.2) is 9.67 Å². The van der Waals surface area contributed by atoms with Gasteiger partial charge in [0.25, 0.3) is 5.91 Å². The molecule has 1 aromatic carbocycles. The highest BCUT2D eigenvalue weighted by molar-refractivity contribution is 6.06. The van der Waals surface area contributed by atoms with E-state index in [0.29, 0.717) is 43.7 Å². The van der Waals surface area contributed by atoms with Crippen LogP contribution in [0.2, 0.25) is 0 Å². The van der Waals surface area contributed by atoms with Crippen LogP contribution in [0.4, 0.5) is 0 Å². The van der Waals surface area contributed by atoms with Crippen molar-refractivity contribution in [3.8, 4) is 5.69 Å². The molecule has 0 aliphatic carbocycles. The minimum atomic E-state index is -0.160. The molecule has 0 atom stereocenters. The van der Waals surface area contributed by atoms with E-state index in [1.165, 1.54) is 0 Å². The minimum Gasteiger partial charge on any atom is -0.466 e. The average molecular weight is 406 g/mol. The van der Waals surface area contributed by atoms with E-state index in [1.54, 1.807) is 4.68 Å². The highest BCUT2D eigenvalue weighted by Crippen LogP contribution is 2.27. The molecule has 1 amide bonds. The van der Waals surface area contributed by atoms with Crippen LogP contribution < -0.4 is 0 Å². The topological polar surface area (TPSA) is 77.3 Å². The Hall–Kier alpha value is -3.22. The molecule has 1 aliphatic rings. The fourth-order valence-electron chi connectivity index (χ4n) is 4.08. The molecular weight excluding hydrogens is 380 g/mol. The SMILES string of the molecule is CCOC(=O)C1CCN(C(=O)c2cc(C)nc3c2c(C)nn3-c2ccccc2)CC1. The van der Waals surface area contributed by atoms with Gasteiger partial charge in [-0.05, 0) is 51.8 Å². The molecule has 0 bridgehead atoms. The number of carbonyl (C=O) groups excluding carboxylic acids is 2. The zero-order chi connectivity index (χ0) is 21.3. The third-order valence-corrected chi connectivity index (χ3v) is 5.57. The highest BCUT2D eigenvalue weighted by atomic mass is 16.5. The van der Waals surface area contributed by atoms with E-state index in [1.807, 2.05) is 62.1 Å². The first kappa shape index (κ1) is 20.1. The van der Waals surface area contributed by atoms with Crippen LogP contribution in [0.25, 0.3) is 16.7 Å². The Balaban J connectivity index is 1.66. The van der Waals surface area contributed by atoms with E-state index >= 15 is 0 Å². The summed E-state index contributed by atoms with van der Waals surface area (Å²) in [5.74, 6) is -0.328. The number of piperidine rings is 1. The lowest BCUT2D eigenvalue weighted by atomic mass is 9.96. The molecule has 7 heteroatoms. The molecule has 0 radical (unpaired) electrons. The number of pyridine rings is 1. The summed E-state index contributed by atoms with van der Waals surface area (Å²) in [6, 6.07) is 11.6. The number of aryl methyl sites for hydroxylation is 2. The number of nitrogens with zero attached hydrogens (tertiary/aromatic N) is 4. The van der Waals surface area contributed by atoms with Crippen molar-refractivity contribution in [1.82, 2.24) is 19.7 Å². The van der Waals surface area contributed by atoms with Crippen LogP contribution in [0, 0.1) is 19.8 Å². The lowest BCUT2D eigenvalue weighted by Crippen LogP contribution is -2.40. The van der Waals surface area contributed by atoms with E-state index in [-0.39, 0.29) is 17.8 Å². The predicted molar refractivity (Wildman–Crippen MR) is 114 cm³/mol. The normalized spacial score (nSPS) is 14.8. The zero-order valence-corrected chi connectivity index (χ0v) is 17.6. The van der Waals surface area contributed by atoms with Gasteiger partial charge in [-0.15, -0.1) is 0 Å². The summed E-state index contributed by atoms with van der Waals surface area (Å²) in [5.41, 5.74) is 3.74. The first-order valence-corrected chi connectivity index (χ1v) is 10.4. The van der Waals surface area contributed by atoms with Gasteiger partial charge in [0.05, 0.1) is 34.9 Å². The molecule has 2 aromatic heterocycles. The van der Waals surface area contributed by atoms with E-state index in [9.17, 15) is 9.59 Å². The monoisotopic (exact) mass is 406 g/mol. The van der Waals surface area contributed by atoms with Crippen molar-refractivity contribution < 1.29 is 14.3 Å². The molecule has 3 heterocycles. The summed E-state index contributed by atoms with van der Waals surface area (Å²) >= 11 is 0. The van der Waals surface area contributed by atoms with Gasteiger partial charge in [-0.3, -0.25) is 9.59 Å². The highest BCUT2D eigenvalue weighted by Gasteiger charge is 2.30. The summed E-state index contributed by atoms with van der Waals surface area (Å²) in [4.78, 5) is 31.9. The summed E-state index contributed by atoms with van der Waals surface area (Å²) in [7, 11) is 0. The number of fused-ring (bicyclic) bond motifs is 1. The molecule has 1 saturated heterocycles. The lowest BCUT2D eigenvalue weighted by Gasteiger charge is -2.31. The first-order chi connectivity index (χ1) is 14.5. The molecule has 0 N–H and O–H groups in total. The van der Waals surface area contributed by atoms with Crippen molar-refractivity contribution in [3.05, 3.63) is 53.3 Å². The second kappa shape index (κ2) is 8.26. The van der Waals surface area contributed by atoms with Crippen LogP contribution in [0.5, 0.6) is 0 Å². The maximum absolute atomic E-state index is 13.4. The van der Waals surface area contributed by atoms with Gasteiger partial charge >= 0.3 is 5.97 Å². The smallest absolute Gasteiger partial charge is 0.309 e. The van der Waals surface area contributed by atoms with Crippen molar-refractivity contribution in [2.45, 2.75) is 33.6 Å². The second-order valence-electron chi connectivity index (χ2n) is 7.66. The average Bonchev–Trinajstić information content (AvgIpc) is 3.09. The summed E-state index contributed by atoms with van der Waals surface area (Å²) in [6.07, 6.45) is 1.25. The number of benzene rings is 1. The maximum Gasteiger partial charge on any atom is 0.309 e. The molecule has 3 aromatic rings. The van der Waals surface area contributed by atoms with Crippen LogP contribution in [0.15, 0.2) is 36.4 Å². The standard InChI is InChI=1S/C23H26N4O3/c1-4-30-23(29)17-10-12-26(13-11-17)22(28)19-14-15(2)24-21-20(19)16(3)25-27(21)18-8-6-5-7-9-18/h5-9,14,17H,4,10-13H2,1-3H3. The summed E-state index contributed by atoms with van der Waals surface area (Å²) in [5, 5.41) is 5.45. The second-order valence-corrected chi connectivity index (χ2v) is 7.66. The van der Waals surface area contributed by atoms with E-state index in [4.69, 9.17) is 4.74 Å². The molecule has 4 rings (SSSR count). The van der Waals surface area contributed by atoms with Crippen molar-refractivity contribution in [1.29, 1.82) is 0 Å². The Bertz CT molecular complexity index is 1080. The van der Waals surface area contributed by atoms with Gasteiger partial charge in [-0.2, -0.15) is 5.10 Å². The number of esters is 1. The number of ether oxygens (including phenoxy) is 1. The lowest BCUT2D eigenvalue weighted by molar-refractivity contribution is -0.149. The number of para-hydroxylation sites is 1. The zero-order valence-electron chi connectivity index (χ0n) is 17.6. The van der Waals surface area contributed by atoms with Crippen molar-refractivity contribution in [2.75, 3.05) is 19.7 Å². The Morgan fingerprint density at radius 3 is 2.50 bits per heavy atom. The quantitative estimate of drug-likeness (QED) is 0.620. The third-order valence-electron chi connectivity index (χ3n) is 5.57. The number of rotatable bonds is 4. The predicted octanol–water partition coefficient (Wildman–Crippen LogP) is 3.45. The maximum atomic E-state index is 13.4. The molecule has 30 heavy (non-hydrogen) atoms. The van der Waals surface area contributed by atoms with Gasteiger partial charge in [0.1, 0.15) is 0 Å². The number of hydrogen-bond donors (Lipinski definition) is 0. The molecule has 0 unspecified atom stereocenters. The van der Waals surface area contributed by atoms with Crippen LogP contribution in [0.3, 0.4) is 0 Å². The van der Waals surface area contributed by atoms with Crippen LogP contribution in [0.1, 0.15) is 41.5 Å². The van der Waals surface area contributed by atoms with Gasteiger partial charge in [0.15, 0.2) is 5.65 Å². The van der Waals surface area contributed by atoms with Crippen molar-refractivity contribution in [3.63, 3.8) is 0 Å². The minimum absolute atomic E-state index is 0.0384. The number of hydrogen-bond acceptors (Lipinski definition) is 5. The number of likely N-dealkylation sites (tertiary alicyclic amines) is 1. The fourth-order valence-corrected chi connectivity index (χ4v) is 4.08. The largest absolute Gasteiger partial charge is 0.466 e. The van der Waals surface area contributed by atoms with Gasteiger partial charge in [-0.1, -0.05) is 18.2 Å². The number of amides is 1. The fraction of sp³-hybridized carbons (Fsp3) is 0.391. The van der Waals surface area contributed by atoms with Gasteiger partial charge in [0.2, 0.25) is 0 Å². The van der Waals surface area contributed by atoms with E-state index in [0.717, 1.165) is 22.5 Å². The Labute approximate surface area is 175 Å². The van der Waals surface area contributed by atoms with E-state index in [2.05, 4.69) is 10.1 Å². The van der Waals surface area contributed by atoms with Gasteiger partial charge in [0, 0.05) is 18.8 Å². The van der Waals surface area contributed by atoms with Crippen LogP contribution in [-0.2, 0) is 9.53 Å². The van der Waals surface area contributed by atoms with Crippen molar-refractivity contribution in [2.24, 2.45) is 5.92 Å². The molecule has 1 fully saturated rings. The number of carbonyl (C=O) groups is 2. The summed E-state index contributed by atoms with van der Waals surface area (Å²) < 4.78 is 6.93. The first-order valence-electron chi connectivity index (χ1n) is 10.4. The van der Waals surface area contributed by atoms with Crippen LogP contribution in [-0.4, -0.2) is 51.2 Å². The van der Waals surface area contributed by atoms with Gasteiger partial charge < -0.3 is 9.64 Å². The molecule has 1 aliphatic heterocycles. The third kappa shape index (κ3) is 3.67. The van der Waals surface area contributed by atoms with E-state index < -0.39 is 0 Å². The molecule has 156 valence electrons. The Kier molecular flexibility index (Phi) is 5.53. The molecule has 0 saturated carbocycles. The van der Waals surface area contributed by atoms with Crippen LogP contribution >= 0.6 is 0 Å². The molecular formula is C23H26N4O3. The van der Waals surface area contributed by atoms with Crippen molar-refractivity contribution >= 4 is 22.9 Å². The Morgan fingerprint density at radius 1 is 1.13 bits per heavy atom. The molecule has 7 nitrogen and oxygen atoms in total. The molecule has 0 spiro atoms.